The molecule has 150 valence electrons. The van der Waals surface area contributed by atoms with E-state index in [1.165, 1.54) is 25.1 Å². The number of ether oxygens (including phenoxy) is 1. The van der Waals surface area contributed by atoms with Crippen molar-refractivity contribution in [1.82, 2.24) is 19.8 Å². The molecule has 5 heteroatoms. The van der Waals surface area contributed by atoms with E-state index in [0.29, 0.717) is 11.5 Å². The summed E-state index contributed by atoms with van der Waals surface area (Å²) in [5, 5.41) is 3.52. The molecule has 2 aliphatic rings. The molecule has 1 aromatic heterocycles. The van der Waals surface area contributed by atoms with Crippen LogP contribution in [-0.4, -0.2) is 47.2 Å². The zero-order valence-electron chi connectivity index (χ0n) is 17.1. The molecule has 1 spiro atoms. The first kappa shape index (κ1) is 19.2. The van der Waals surface area contributed by atoms with E-state index in [1.807, 2.05) is 18.3 Å². The van der Waals surface area contributed by atoms with E-state index in [1.54, 1.807) is 7.11 Å². The van der Waals surface area contributed by atoms with Crippen LogP contribution in [0.15, 0.2) is 42.7 Å². The van der Waals surface area contributed by atoms with Crippen LogP contribution in [0.3, 0.4) is 0 Å². The van der Waals surface area contributed by atoms with E-state index >= 15 is 0 Å². The highest BCUT2D eigenvalue weighted by molar-refractivity contribution is 5.57. The van der Waals surface area contributed by atoms with Crippen LogP contribution in [0.25, 0.3) is 6.08 Å². The van der Waals surface area contributed by atoms with Crippen molar-refractivity contribution in [1.29, 1.82) is 0 Å². The Morgan fingerprint density at radius 3 is 2.93 bits per heavy atom. The van der Waals surface area contributed by atoms with Gasteiger partial charge in [0.15, 0.2) is 0 Å². The van der Waals surface area contributed by atoms with Crippen LogP contribution in [-0.2, 0) is 13.1 Å². The van der Waals surface area contributed by atoms with Crippen LogP contribution >= 0.6 is 0 Å². The number of aromatic nitrogens is 2. The second kappa shape index (κ2) is 8.50. The second-order valence-electron chi connectivity index (χ2n) is 8.04. The van der Waals surface area contributed by atoms with Crippen LogP contribution in [0.5, 0.6) is 5.75 Å². The Hall–Kier alpha value is -2.11. The summed E-state index contributed by atoms with van der Waals surface area (Å²) in [6.07, 6.45) is 12.4. The van der Waals surface area contributed by atoms with Gasteiger partial charge >= 0.3 is 0 Å². The lowest BCUT2D eigenvalue weighted by Gasteiger charge is -2.29. The molecular weight excluding hydrogens is 348 g/mol. The number of nitrogens with one attached hydrogen (secondary N) is 1. The van der Waals surface area contributed by atoms with Crippen molar-refractivity contribution in [3.8, 4) is 5.75 Å². The molecular formula is C23H32N4O. The van der Waals surface area contributed by atoms with Gasteiger partial charge in [-0.25, -0.2) is 4.98 Å². The summed E-state index contributed by atoms with van der Waals surface area (Å²) in [7, 11) is 1.73. The number of rotatable bonds is 8. The minimum absolute atomic E-state index is 0.521. The normalized spacial score (nSPS) is 20.9. The van der Waals surface area contributed by atoms with Gasteiger partial charge in [-0.2, -0.15) is 0 Å². The Bertz CT molecular complexity index is 806. The molecule has 1 aliphatic carbocycles. The maximum atomic E-state index is 5.48. The topological polar surface area (TPSA) is 42.3 Å². The number of benzene rings is 1. The van der Waals surface area contributed by atoms with Crippen LogP contribution < -0.4 is 10.1 Å². The highest BCUT2D eigenvalue weighted by Gasteiger charge is 2.56. The van der Waals surface area contributed by atoms with Crippen LogP contribution in [0.2, 0.25) is 0 Å². The number of imidazole rings is 1. The Labute approximate surface area is 168 Å². The molecule has 1 aliphatic heterocycles. The van der Waals surface area contributed by atoms with Crippen molar-refractivity contribution in [2.24, 2.45) is 5.41 Å². The Morgan fingerprint density at radius 1 is 1.32 bits per heavy atom. The molecule has 5 nitrogen and oxygen atoms in total. The van der Waals surface area contributed by atoms with Gasteiger partial charge in [-0.1, -0.05) is 30.4 Å². The summed E-state index contributed by atoms with van der Waals surface area (Å²) in [5.74, 6) is 2.09. The molecule has 1 unspecified atom stereocenters. The van der Waals surface area contributed by atoms with Gasteiger partial charge in [0, 0.05) is 37.1 Å². The molecule has 0 bridgehead atoms. The summed E-state index contributed by atoms with van der Waals surface area (Å²) in [6, 6.07) is 8.86. The summed E-state index contributed by atoms with van der Waals surface area (Å²) in [4.78, 5) is 7.26. The quantitative estimate of drug-likeness (QED) is 0.760. The molecule has 2 aromatic rings. The third-order valence-electron chi connectivity index (χ3n) is 6.45. The van der Waals surface area contributed by atoms with Crippen LogP contribution in [0.4, 0.5) is 0 Å². The van der Waals surface area contributed by atoms with E-state index in [9.17, 15) is 0 Å². The van der Waals surface area contributed by atoms with Gasteiger partial charge in [0.1, 0.15) is 11.6 Å². The molecule has 1 aromatic carbocycles. The minimum Gasteiger partial charge on any atom is -0.496 e. The zero-order valence-corrected chi connectivity index (χ0v) is 17.1. The molecule has 0 radical (unpaired) electrons. The molecule has 0 amide bonds. The average Bonchev–Trinajstić information content (AvgIpc) is 3.21. The third kappa shape index (κ3) is 4.01. The van der Waals surface area contributed by atoms with Gasteiger partial charge < -0.3 is 14.6 Å². The summed E-state index contributed by atoms with van der Waals surface area (Å²) in [5.41, 5.74) is 1.65. The molecule has 1 saturated heterocycles. The monoisotopic (exact) mass is 380 g/mol. The van der Waals surface area contributed by atoms with E-state index < -0.39 is 0 Å². The summed E-state index contributed by atoms with van der Waals surface area (Å²) >= 11 is 0. The maximum Gasteiger partial charge on any atom is 0.126 e. The molecule has 2 heterocycles. The number of hydrogen-bond acceptors (Lipinski definition) is 4. The summed E-state index contributed by atoms with van der Waals surface area (Å²) < 4.78 is 7.74. The van der Waals surface area contributed by atoms with E-state index in [0.717, 1.165) is 44.0 Å². The molecule has 2 fully saturated rings. The van der Waals surface area contributed by atoms with E-state index in [2.05, 4.69) is 57.2 Å². The Kier molecular flexibility index (Phi) is 5.83. The largest absolute Gasteiger partial charge is 0.496 e. The van der Waals surface area contributed by atoms with Gasteiger partial charge in [0.2, 0.25) is 0 Å². The smallest absolute Gasteiger partial charge is 0.126 e. The number of aryl methyl sites for hydroxylation is 1. The first-order chi connectivity index (χ1) is 13.8. The molecule has 4 rings (SSSR count). The van der Waals surface area contributed by atoms with Gasteiger partial charge in [-0.15, -0.1) is 0 Å². The molecule has 1 saturated carbocycles. The average molecular weight is 381 g/mol. The zero-order chi connectivity index (χ0) is 19.4. The van der Waals surface area contributed by atoms with Gasteiger partial charge in [0.05, 0.1) is 13.7 Å². The highest BCUT2D eigenvalue weighted by atomic mass is 16.5. The predicted octanol–water partition coefficient (Wildman–Crippen LogP) is 3.57. The van der Waals surface area contributed by atoms with Crippen molar-refractivity contribution in [2.45, 2.75) is 45.3 Å². The van der Waals surface area contributed by atoms with E-state index in [-0.39, 0.29) is 0 Å². The standard InChI is InChI=1S/C23H32N4O/c1-3-26-16-14-25-22(26)18-27(21-17-23(21)10-12-24-13-11-23)15-6-8-19-7-4-5-9-20(19)28-2/h4-9,14,16,21,24H,3,10-13,15,17-18H2,1-2H3/b8-6+. The van der Waals surface area contributed by atoms with Crippen LogP contribution in [0.1, 0.15) is 37.6 Å². The fourth-order valence-electron chi connectivity index (χ4n) is 4.69. The Balaban J connectivity index is 1.49. The van der Waals surface area contributed by atoms with Crippen molar-refractivity contribution in [3.05, 3.63) is 54.1 Å². The first-order valence-corrected chi connectivity index (χ1v) is 10.5. The van der Waals surface area contributed by atoms with Gasteiger partial charge in [0.25, 0.3) is 0 Å². The van der Waals surface area contributed by atoms with Crippen molar-refractivity contribution >= 4 is 6.08 Å². The number of methoxy groups -OCH3 is 1. The lowest BCUT2D eigenvalue weighted by Crippen LogP contribution is -2.36. The molecule has 28 heavy (non-hydrogen) atoms. The minimum atomic E-state index is 0.521. The lowest BCUT2D eigenvalue weighted by atomic mass is 9.93. The third-order valence-corrected chi connectivity index (χ3v) is 6.45. The maximum absolute atomic E-state index is 5.48. The highest BCUT2D eigenvalue weighted by Crippen LogP contribution is 2.55. The fraction of sp³-hybridized carbons (Fsp3) is 0.522. The van der Waals surface area contributed by atoms with Crippen LogP contribution in [0, 0.1) is 5.41 Å². The van der Waals surface area contributed by atoms with Gasteiger partial charge in [-0.05, 0) is 50.8 Å². The molecule has 1 N–H and O–H groups in total. The fourth-order valence-corrected chi connectivity index (χ4v) is 4.69. The van der Waals surface area contributed by atoms with Crippen molar-refractivity contribution in [2.75, 3.05) is 26.7 Å². The first-order valence-electron chi connectivity index (χ1n) is 10.5. The predicted molar refractivity (Wildman–Crippen MR) is 113 cm³/mol. The Morgan fingerprint density at radius 2 is 2.14 bits per heavy atom. The number of hydrogen-bond donors (Lipinski definition) is 1. The number of nitrogens with zero attached hydrogens (tertiary/aromatic N) is 3. The number of piperidine rings is 1. The van der Waals surface area contributed by atoms with Crippen molar-refractivity contribution in [3.63, 3.8) is 0 Å². The van der Waals surface area contributed by atoms with E-state index in [4.69, 9.17) is 4.74 Å². The lowest BCUT2D eigenvalue weighted by molar-refractivity contribution is 0.207. The van der Waals surface area contributed by atoms with Gasteiger partial charge in [-0.3, -0.25) is 4.90 Å². The SMILES string of the molecule is CCn1ccnc1CN(C/C=C/c1ccccc1OC)C1CC12CCNCC2. The second-order valence-corrected chi connectivity index (χ2v) is 8.04. The summed E-state index contributed by atoms with van der Waals surface area (Å²) in [6.45, 7) is 7.32. The van der Waals surface area contributed by atoms with Crippen molar-refractivity contribution < 1.29 is 4.74 Å². The number of para-hydroxylation sites is 1. The molecule has 1 atom stereocenters.